The Bertz CT molecular complexity index is 42.1. The van der Waals surface area contributed by atoms with Crippen molar-refractivity contribution >= 4 is 12.6 Å². The number of rotatable bonds is 2. The van der Waals surface area contributed by atoms with Crippen LogP contribution in [0.2, 0.25) is 0 Å². The maximum absolute atomic E-state index is 5.15. The van der Waals surface area contributed by atoms with E-state index in [1.165, 1.54) is 0 Å². The normalized spacial score (nSPS) is 12.0. The predicted octanol–water partition coefficient (Wildman–Crippen LogP) is 2.76. The Morgan fingerprint density at radius 3 is 1.57 bits per heavy atom. The van der Waals surface area contributed by atoms with Gasteiger partial charge in [-0.05, 0) is 19.8 Å². The van der Waals surface area contributed by atoms with Crippen molar-refractivity contribution in [3.05, 3.63) is 0 Å². The van der Waals surface area contributed by atoms with Gasteiger partial charge in [-0.25, -0.2) is 0 Å². The van der Waals surface area contributed by atoms with Gasteiger partial charge in [-0.15, -0.1) is 0 Å². The van der Waals surface area contributed by atoms with Crippen molar-refractivity contribution in [2.45, 2.75) is 38.4 Å². The van der Waals surface area contributed by atoms with E-state index in [1.807, 2.05) is 0 Å². The molecule has 7 heavy (non-hydrogen) atoms. The minimum atomic E-state index is 0.167. The quantitative estimate of drug-likeness (QED) is 0.521. The van der Waals surface area contributed by atoms with Crippen LogP contribution in [0.1, 0.15) is 33.6 Å². The van der Waals surface area contributed by atoms with Crippen LogP contribution >= 0.6 is 12.6 Å². The van der Waals surface area contributed by atoms with Gasteiger partial charge in [0.1, 0.15) is 0 Å². The molecule has 0 atom stereocenters. The molecule has 0 aromatic rings. The van der Waals surface area contributed by atoms with Crippen molar-refractivity contribution in [3.63, 3.8) is 0 Å². The largest absolute Gasteiger partial charge is 0.0871 e. The monoisotopic (exact) mass is 117 g/mol. The van der Waals surface area contributed by atoms with Crippen molar-refractivity contribution in [2.24, 2.45) is 0 Å². The summed E-state index contributed by atoms with van der Waals surface area (Å²) >= 11 is 5.15. The molecular weight excluding hydrogens is 104 g/mol. The van der Waals surface area contributed by atoms with E-state index >= 15 is 0 Å². The number of hydrogen-bond donors (Lipinski definition) is 0. The average molecular weight is 117 g/mol. The van der Waals surface area contributed by atoms with Crippen molar-refractivity contribution < 1.29 is 0 Å². The maximum atomic E-state index is 5.15. The summed E-state index contributed by atoms with van der Waals surface area (Å²) in [5, 5.41) is 0. The highest BCUT2D eigenvalue weighted by molar-refractivity contribution is 7.81. The second-order valence-electron chi connectivity index (χ2n) is 2.16. The van der Waals surface area contributed by atoms with Gasteiger partial charge in [0.15, 0.2) is 0 Å². The molecule has 0 spiro atoms. The van der Waals surface area contributed by atoms with Crippen LogP contribution in [0.15, 0.2) is 0 Å². The molecule has 0 heterocycles. The fraction of sp³-hybridized carbons (Fsp3) is 1.00. The van der Waals surface area contributed by atoms with Crippen molar-refractivity contribution in [1.29, 1.82) is 0 Å². The van der Waals surface area contributed by atoms with Gasteiger partial charge in [0.2, 0.25) is 0 Å². The Morgan fingerprint density at radius 2 is 1.57 bits per heavy atom. The molecule has 0 bridgehead atoms. The molecule has 0 saturated carbocycles. The summed E-state index contributed by atoms with van der Waals surface area (Å²) in [6, 6.07) is 0. The maximum Gasteiger partial charge on any atom is 0.0230 e. The number of hydrogen-bond acceptors (Lipinski definition) is 0. The zero-order valence-corrected chi connectivity index (χ0v) is 6.14. The summed E-state index contributed by atoms with van der Waals surface area (Å²) in [4.78, 5) is 0. The molecule has 1 radical (unpaired) electrons. The summed E-state index contributed by atoms with van der Waals surface area (Å²) in [7, 11) is 0. The molecular formula is C6H13S. The Labute approximate surface area is 51.7 Å². The van der Waals surface area contributed by atoms with Gasteiger partial charge >= 0.3 is 0 Å². The van der Waals surface area contributed by atoms with Gasteiger partial charge < -0.3 is 0 Å². The standard InChI is InChI=1S/C6H13S/c1-4-6(3,7)5-2/h4-5H2,1-3H3. The summed E-state index contributed by atoms with van der Waals surface area (Å²) in [6.45, 7) is 6.38. The lowest BCUT2D eigenvalue weighted by Crippen LogP contribution is -2.11. The molecule has 0 aromatic carbocycles. The van der Waals surface area contributed by atoms with E-state index in [-0.39, 0.29) is 4.75 Å². The summed E-state index contributed by atoms with van der Waals surface area (Å²) in [6.07, 6.45) is 2.22. The highest BCUT2D eigenvalue weighted by Gasteiger charge is 2.12. The predicted molar refractivity (Wildman–Crippen MR) is 36.6 cm³/mol. The molecule has 0 nitrogen and oxygen atoms in total. The van der Waals surface area contributed by atoms with Crippen LogP contribution in [0.5, 0.6) is 0 Å². The lowest BCUT2D eigenvalue weighted by atomic mass is 10.1. The smallest absolute Gasteiger partial charge is 0.0230 e. The highest BCUT2D eigenvalue weighted by Crippen LogP contribution is 2.20. The van der Waals surface area contributed by atoms with Crippen LogP contribution in [-0.4, -0.2) is 4.75 Å². The van der Waals surface area contributed by atoms with E-state index in [4.69, 9.17) is 12.6 Å². The Kier molecular flexibility index (Phi) is 2.74. The molecule has 43 valence electrons. The molecule has 0 rings (SSSR count). The van der Waals surface area contributed by atoms with E-state index in [1.54, 1.807) is 0 Å². The second kappa shape index (κ2) is 2.61. The zero-order valence-electron chi connectivity index (χ0n) is 5.32. The molecule has 0 N–H and O–H groups in total. The molecule has 0 aliphatic carbocycles. The Hall–Kier alpha value is 0.350. The first-order valence-corrected chi connectivity index (χ1v) is 3.23. The molecule has 0 saturated heterocycles. The van der Waals surface area contributed by atoms with E-state index in [0.29, 0.717) is 0 Å². The van der Waals surface area contributed by atoms with Crippen LogP contribution in [-0.2, 0) is 0 Å². The summed E-state index contributed by atoms with van der Waals surface area (Å²) < 4.78 is 0.167. The lowest BCUT2D eigenvalue weighted by molar-refractivity contribution is 0.605. The molecule has 0 aliphatic rings. The van der Waals surface area contributed by atoms with Crippen LogP contribution in [0.25, 0.3) is 0 Å². The summed E-state index contributed by atoms with van der Waals surface area (Å²) in [5.74, 6) is 0. The zero-order chi connectivity index (χ0) is 5.91. The van der Waals surface area contributed by atoms with E-state index < -0.39 is 0 Å². The first-order chi connectivity index (χ1) is 3.12. The third-order valence-corrected chi connectivity index (χ3v) is 2.07. The third-order valence-electron chi connectivity index (χ3n) is 1.50. The molecule has 0 unspecified atom stereocenters. The van der Waals surface area contributed by atoms with E-state index in [9.17, 15) is 0 Å². The van der Waals surface area contributed by atoms with E-state index in [0.717, 1.165) is 12.8 Å². The van der Waals surface area contributed by atoms with Gasteiger partial charge in [0, 0.05) is 4.75 Å². The SMILES string of the molecule is CCC(C)([S])CC. The molecule has 0 fully saturated rings. The molecule has 1 heteroatoms. The molecule has 0 aromatic heterocycles. The van der Waals surface area contributed by atoms with Gasteiger partial charge in [-0.3, -0.25) is 0 Å². The first-order valence-electron chi connectivity index (χ1n) is 2.83. The molecule has 0 aliphatic heterocycles. The van der Waals surface area contributed by atoms with Crippen LogP contribution < -0.4 is 0 Å². The minimum Gasteiger partial charge on any atom is -0.0871 e. The third kappa shape index (κ3) is 2.98. The average Bonchev–Trinajstić information content (AvgIpc) is 1.68. The van der Waals surface area contributed by atoms with Gasteiger partial charge in [0.05, 0.1) is 0 Å². The van der Waals surface area contributed by atoms with Crippen molar-refractivity contribution in [1.82, 2.24) is 0 Å². The Balaban J connectivity index is 3.36. The van der Waals surface area contributed by atoms with Crippen molar-refractivity contribution in [3.8, 4) is 0 Å². The second-order valence-corrected chi connectivity index (χ2v) is 3.14. The van der Waals surface area contributed by atoms with E-state index in [2.05, 4.69) is 20.8 Å². The van der Waals surface area contributed by atoms with Crippen LogP contribution in [0.3, 0.4) is 0 Å². The molecule has 0 amide bonds. The fourth-order valence-electron chi connectivity index (χ4n) is 0.250. The van der Waals surface area contributed by atoms with Crippen LogP contribution in [0, 0.1) is 0 Å². The topological polar surface area (TPSA) is 0 Å². The fourth-order valence-corrected chi connectivity index (χ4v) is 0.250. The van der Waals surface area contributed by atoms with Crippen LogP contribution in [0.4, 0.5) is 0 Å². The lowest BCUT2D eigenvalue weighted by Gasteiger charge is -2.15. The van der Waals surface area contributed by atoms with Crippen molar-refractivity contribution in [2.75, 3.05) is 0 Å². The van der Waals surface area contributed by atoms with Gasteiger partial charge in [-0.1, -0.05) is 26.5 Å². The summed E-state index contributed by atoms with van der Waals surface area (Å²) in [5.41, 5.74) is 0. The Morgan fingerprint density at radius 1 is 1.29 bits per heavy atom. The minimum absolute atomic E-state index is 0.167. The van der Waals surface area contributed by atoms with Gasteiger partial charge in [-0.2, -0.15) is 0 Å². The first kappa shape index (κ1) is 7.35. The van der Waals surface area contributed by atoms with Gasteiger partial charge in [0.25, 0.3) is 0 Å². The highest BCUT2D eigenvalue weighted by atomic mass is 32.1.